The van der Waals surface area contributed by atoms with Crippen LogP contribution in [0.3, 0.4) is 0 Å². The SMILES string of the molecule is CCC(=O)Nc1cccc(O[C@H](C)CC)c1. The van der Waals surface area contributed by atoms with Crippen molar-refractivity contribution in [3.05, 3.63) is 24.3 Å². The van der Waals surface area contributed by atoms with Crippen LogP contribution in [-0.2, 0) is 4.79 Å². The van der Waals surface area contributed by atoms with E-state index in [1.807, 2.05) is 38.1 Å². The summed E-state index contributed by atoms with van der Waals surface area (Å²) in [5, 5.41) is 2.80. The molecule has 0 saturated heterocycles. The maximum Gasteiger partial charge on any atom is 0.224 e. The highest BCUT2D eigenvalue weighted by Crippen LogP contribution is 2.19. The largest absolute Gasteiger partial charge is 0.491 e. The van der Waals surface area contributed by atoms with Gasteiger partial charge in [0.1, 0.15) is 5.75 Å². The summed E-state index contributed by atoms with van der Waals surface area (Å²) in [6, 6.07) is 7.48. The quantitative estimate of drug-likeness (QED) is 0.829. The summed E-state index contributed by atoms with van der Waals surface area (Å²) in [6.45, 7) is 5.93. The Labute approximate surface area is 96.8 Å². The van der Waals surface area contributed by atoms with Crippen molar-refractivity contribution in [1.82, 2.24) is 0 Å². The van der Waals surface area contributed by atoms with E-state index in [1.54, 1.807) is 0 Å². The van der Waals surface area contributed by atoms with E-state index in [9.17, 15) is 4.79 Å². The molecule has 88 valence electrons. The average molecular weight is 221 g/mol. The second kappa shape index (κ2) is 6.16. The van der Waals surface area contributed by atoms with Gasteiger partial charge in [0.15, 0.2) is 0 Å². The first-order valence-electron chi connectivity index (χ1n) is 5.72. The number of ether oxygens (including phenoxy) is 1. The first-order valence-corrected chi connectivity index (χ1v) is 5.72. The minimum absolute atomic E-state index is 0.0145. The fraction of sp³-hybridized carbons (Fsp3) is 0.462. The van der Waals surface area contributed by atoms with E-state index in [-0.39, 0.29) is 12.0 Å². The molecule has 0 fully saturated rings. The molecule has 0 unspecified atom stereocenters. The molecule has 1 N–H and O–H groups in total. The smallest absolute Gasteiger partial charge is 0.224 e. The van der Waals surface area contributed by atoms with Gasteiger partial charge in [-0.2, -0.15) is 0 Å². The van der Waals surface area contributed by atoms with Gasteiger partial charge in [-0.25, -0.2) is 0 Å². The predicted octanol–water partition coefficient (Wildman–Crippen LogP) is 3.21. The Morgan fingerprint density at radius 3 is 2.81 bits per heavy atom. The minimum atomic E-state index is 0.0145. The molecule has 1 aromatic rings. The molecule has 3 nitrogen and oxygen atoms in total. The monoisotopic (exact) mass is 221 g/mol. The van der Waals surface area contributed by atoms with Crippen LogP contribution in [0.15, 0.2) is 24.3 Å². The third-order valence-electron chi connectivity index (χ3n) is 2.35. The van der Waals surface area contributed by atoms with Crippen LogP contribution in [0.1, 0.15) is 33.6 Å². The molecule has 0 saturated carbocycles. The Morgan fingerprint density at radius 2 is 2.19 bits per heavy atom. The summed E-state index contributed by atoms with van der Waals surface area (Å²) in [7, 11) is 0. The topological polar surface area (TPSA) is 38.3 Å². The lowest BCUT2D eigenvalue weighted by Crippen LogP contribution is -2.11. The number of carbonyl (C=O) groups is 1. The van der Waals surface area contributed by atoms with E-state index in [4.69, 9.17) is 4.74 Å². The van der Waals surface area contributed by atoms with Gasteiger partial charge < -0.3 is 10.1 Å². The van der Waals surface area contributed by atoms with E-state index in [1.165, 1.54) is 0 Å². The molecular weight excluding hydrogens is 202 g/mol. The van der Waals surface area contributed by atoms with Gasteiger partial charge in [-0.3, -0.25) is 4.79 Å². The first-order chi connectivity index (χ1) is 7.65. The summed E-state index contributed by atoms with van der Waals surface area (Å²) >= 11 is 0. The van der Waals surface area contributed by atoms with Crippen LogP contribution in [0.5, 0.6) is 5.75 Å². The first kappa shape index (κ1) is 12.6. The average Bonchev–Trinajstić information content (AvgIpc) is 2.29. The summed E-state index contributed by atoms with van der Waals surface area (Å²) in [4.78, 5) is 11.2. The summed E-state index contributed by atoms with van der Waals surface area (Å²) in [5.74, 6) is 0.809. The molecular formula is C13H19NO2. The van der Waals surface area contributed by atoms with Gasteiger partial charge in [-0.1, -0.05) is 19.9 Å². The molecule has 0 aromatic heterocycles. The molecule has 0 bridgehead atoms. The Hall–Kier alpha value is -1.51. The van der Waals surface area contributed by atoms with Gasteiger partial charge >= 0.3 is 0 Å². The Morgan fingerprint density at radius 1 is 1.44 bits per heavy atom. The molecule has 0 spiro atoms. The number of benzene rings is 1. The van der Waals surface area contributed by atoms with Crippen molar-refractivity contribution in [3.63, 3.8) is 0 Å². The maximum absolute atomic E-state index is 11.2. The lowest BCUT2D eigenvalue weighted by molar-refractivity contribution is -0.115. The lowest BCUT2D eigenvalue weighted by atomic mass is 10.2. The van der Waals surface area contributed by atoms with Crippen LogP contribution in [0.2, 0.25) is 0 Å². The van der Waals surface area contributed by atoms with Crippen molar-refractivity contribution in [2.24, 2.45) is 0 Å². The van der Waals surface area contributed by atoms with Gasteiger partial charge in [0.05, 0.1) is 6.10 Å². The number of carbonyl (C=O) groups excluding carboxylic acids is 1. The van der Waals surface area contributed by atoms with Gasteiger partial charge in [-0.15, -0.1) is 0 Å². The second-order valence-electron chi connectivity index (χ2n) is 3.77. The molecule has 1 amide bonds. The minimum Gasteiger partial charge on any atom is -0.491 e. The summed E-state index contributed by atoms with van der Waals surface area (Å²) in [5.41, 5.74) is 0.785. The van der Waals surface area contributed by atoms with Gasteiger partial charge in [0, 0.05) is 18.2 Å². The molecule has 3 heteroatoms. The molecule has 0 aliphatic rings. The van der Waals surface area contributed by atoms with Crippen LogP contribution < -0.4 is 10.1 Å². The number of hydrogen-bond donors (Lipinski definition) is 1. The van der Waals surface area contributed by atoms with E-state index in [0.717, 1.165) is 17.9 Å². The number of amides is 1. The highest BCUT2D eigenvalue weighted by atomic mass is 16.5. The molecule has 1 aromatic carbocycles. The fourth-order valence-electron chi connectivity index (χ4n) is 1.21. The third kappa shape index (κ3) is 3.93. The van der Waals surface area contributed by atoms with Crippen molar-refractivity contribution in [1.29, 1.82) is 0 Å². The fourth-order valence-corrected chi connectivity index (χ4v) is 1.21. The molecule has 0 radical (unpaired) electrons. The molecule has 1 atom stereocenters. The number of nitrogens with one attached hydrogen (secondary N) is 1. The van der Waals surface area contributed by atoms with Gasteiger partial charge in [0.25, 0.3) is 0 Å². The van der Waals surface area contributed by atoms with Crippen molar-refractivity contribution >= 4 is 11.6 Å². The van der Waals surface area contributed by atoms with Crippen LogP contribution in [-0.4, -0.2) is 12.0 Å². The zero-order valence-corrected chi connectivity index (χ0v) is 10.1. The third-order valence-corrected chi connectivity index (χ3v) is 2.35. The van der Waals surface area contributed by atoms with E-state index in [0.29, 0.717) is 6.42 Å². The van der Waals surface area contributed by atoms with Crippen molar-refractivity contribution in [3.8, 4) is 5.75 Å². The zero-order valence-electron chi connectivity index (χ0n) is 10.1. The van der Waals surface area contributed by atoms with Gasteiger partial charge in [-0.05, 0) is 25.5 Å². The van der Waals surface area contributed by atoms with E-state index in [2.05, 4.69) is 12.2 Å². The van der Waals surface area contributed by atoms with E-state index < -0.39 is 0 Å². The molecule has 1 rings (SSSR count). The van der Waals surface area contributed by atoms with Crippen LogP contribution in [0, 0.1) is 0 Å². The number of hydrogen-bond acceptors (Lipinski definition) is 2. The highest BCUT2D eigenvalue weighted by molar-refractivity contribution is 5.90. The normalized spacial score (nSPS) is 11.9. The van der Waals surface area contributed by atoms with Gasteiger partial charge in [0.2, 0.25) is 5.91 Å². The predicted molar refractivity (Wildman–Crippen MR) is 65.7 cm³/mol. The van der Waals surface area contributed by atoms with Crippen LogP contribution in [0.25, 0.3) is 0 Å². The zero-order chi connectivity index (χ0) is 12.0. The van der Waals surface area contributed by atoms with Crippen molar-refractivity contribution in [2.75, 3.05) is 5.32 Å². The van der Waals surface area contributed by atoms with Crippen LogP contribution in [0.4, 0.5) is 5.69 Å². The summed E-state index contributed by atoms with van der Waals surface area (Å²) < 4.78 is 5.67. The summed E-state index contributed by atoms with van der Waals surface area (Å²) in [6.07, 6.45) is 1.64. The molecule has 16 heavy (non-hydrogen) atoms. The number of rotatable bonds is 5. The van der Waals surface area contributed by atoms with Crippen molar-refractivity contribution in [2.45, 2.75) is 39.7 Å². The standard InChI is InChI=1S/C13H19NO2/c1-4-10(3)16-12-8-6-7-11(9-12)14-13(15)5-2/h6-10H,4-5H2,1-3H3,(H,14,15)/t10-/m1/s1. The van der Waals surface area contributed by atoms with Crippen LogP contribution >= 0.6 is 0 Å². The highest BCUT2D eigenvalue weighted by Gasteiger charge is 2.03. The molecule has 0 heterocycles. The maximum atomic E-state index is 11.2. The van der Waals surface area contributed by atoms with E-state index >= 15 is 0 Å². The lowest BCUT2D eigenvalue weighted by Gasteiger charge is -2.13. The Balaban J connectivity index is 2.67. The Kier molecular flexibility index (Phi) is 4.83. The Bertz CT molecular complexity index is 350. The molecule has 0 aliphatic carbocycles. The van der Waals surface area contributed by atoms with Crippen molar-refractivity contribution < 1.29 is 9.53 Å². The second-order valence-corrected chi connectivity index (χ2v) is 3.77. The molecule has 0 aliphatic heterocycles. The number of anilines is 1.